The summed E-state index contributed by atoms with van der Waals surface area (Å²) >= 11 is 0. The van der Waals surface area contributed by atoms with Crippen molar-refractivity contribution in [2.24, 2.45) is 0 Å². The Balaban J connectivity index is 1.62. The molecule has 1 aromatic carbocycles. The van der Waals surface area contributed by atoms with Gasteiger partial charge >= 0.3 is 6.03 Å². The minimum Gasteiger partial charge on any atom is -0.497 e. The van der Waals surface area contributed by atoms with Gasteiger partial charge in [-0.1, -0.05) is 12.1 Å². The SMILES string of the molecule is COc1cccc(C(CNC(=O)NC2CCOCC2)N2CCOCC2)c1. The Morgan fingerprint density at radius 2 is 1.96 bits per heavy atom. The molecule has 1 aromatic rings. The fraction of sp³-hybridized carbons (Fsp3) is 0.632. The van der Waals surface area contributed by atoms with E-state index in [1.807, 2.05) is 18.2 Å². The van der Waals surface area contributed by atoms with Crippen LogP contribution in [0.4, 0.5) is 4.79 Å². The van der Waals surface area contributed by atoms with Crippen molar-refractivity contribution >= 4 is 6.03 Å². The molecule has 0 radical (unpaired) electrons. The zero-order chi connectivity index (χ0) is 18.2. The standard InChI is InChI=1S/C19H29N3O4/c1-24-17-4-2-3-15(13-17)18(22-7-11-26-12-8-22)14-20-19(23)21-16-5-9-25-10-6-16/h2-4,13,16,18H,5-12,14H2,1H3,(H2,20,21,23). The molecule has 2 saturated heterocycles. The van der Waals surface area contributed by atoms with Crippen LogP contribution in [0.5, 0.6) is 5.75 Å². The lowest BCUT2D eigenvalue weighted by Crippen LogP contribution is -2.48. The number of nitrogens with one attached hydrogen (secondary N) is 2. The number of carbonyl (C=O) groups is 1. The molecular formula is C19H29N3O4. The second-order valence-electron chi connectivity index (χ2n) is 6.68. The molecule has 7 nitrogen and oxygen atoms in total. The molecule has 26 heavy (non-hydrogen) atoms. The first kappa shape index (κ1) is 18.9. The van der Waals surface area contributed by atoms with Crippen molar-refractivity contribution in [1.29, 1.82) is 0 Å². The number of benzene rings is 1. The van der Waals surface area contributed by atoms with Gasteiger partial charge in [0.25, 0.3) is 0 Å². The van der Waals surface area contributed by atoms with Crippen molar-refractivity contribution in [3.8, 4) is 5.75 Å². The number of ether oxygens (including phenoxy) is 3. The number of amides is 2. The van der Waals surface area contributed by atoms with Gasteiger partial charge in [-0.15, -0.1) is 0 Å². The number of hydrogen-bond donors (Lipinski definition) is 2. The van der Waals surface area contributed by atoms with E-state index in [9.17, 15) is 4.79 Å². The fourth-order valence-electron chi connectivity index (χ4n) is 3.46. The van der Waals surface area contributed by atoms with Crippen LogP contribution in [0.15, 0.2) is 24.3 Å². The van der Waals surface area contributed by atoms with Gasteiger partial charge in [-0.3, -0.25) is 4.90 Å². The van der Waals surface area contributed by atoms with Gasteiger partial charge < -0.3 is 24.8 Å². The Morgan fingerprint density at radius 3 is 2.69 bits per heavy atom. The van der Waals surface area contributed by atoms with E-state index in [1.165, 1.54) is 0 Å². The Labute approximate surface area is 155 Å². The Morgan fingerprint density at radius 1 is 1.23 bits per heavy atom. The number of nitrogens with zero attached hydrogens (tertiary/aromatic N) is 1. The summed E-state index contributed by atoms with van der Waals surface area (Å²) in [5.74, 6) is 0.826. The van der Waals surface area contributed by atoms with E-state index in [4.69, 9.17) is 14.2 Å². The van der Waals surface area contributed by atoms with Gasteiger partial charge in [0.1, 0.15) is 5.75 Å². The molecule has 1 atom stereocenters. The highest BCUT2D eigenvalue weighted by Crippen LogP contribution is 2.24. The molecule has 2 N–H and O–H groups in total. The fourth-order valence-corrected chi connectivity index (χ4v) is 3.46. The van der Waals surface area contributed by atoms with Gasteiger partial charge in [0.15, 0.2) is 0 Å². The van der Waals surface area contributed by atoms with Crippen LogP contribution in [0.25, 0.3) is 0 Å². The van der Waals surface area contributed by atoms with Crippen molar-refractivity contribution in [2.45, 2.75) is 24.9 Å². The molecule has 0 saturated carbocycles. The van der Waals surface area contributed by atoms with E-state index in [-0.39, 0.29) is 18.1 Å². The molecule has 144 valence electrons. The van der Waals surface area contributed by atoms with Crippen LogP contribution in [0, 0.1) is 0 Å². The van der Waals surface area contributed by atoms with Crippen molar-refractivity contribution in [2.75, 3.05) is 53.2 Å². The van der Waals surface area contributed by atoms with Crippen molar-refractivity contribution in [3.63, 3.8) is 0 Å². The Hall–Kier alpha value is -1.83. The first-order valence-electron chi connectivity index (χ1n) is 9.34. The predicted molar refractivity (Wildman–Crippen MR) is 98.5 cm³/mol. The highest BCUT2D eigenvalue weighted by atomic mass is 16.5. The van der Waals surface area contributed by atoms with Gasteiger partial charge in [-0.25, -0.2) is 4.79 Å². The van der Waals surface area contributed by atoms with Crippen LogP contribution < -0.4 is 15.4 Å². The smallest absolute Gasteiger partial charge is 0.315 e. The second kappa shape index (κ2) is 9.75. The molecule has 2 aliphatic heterocycles. The molecule has 0 bridgehead atoms. The highest BCUT2D eigenvalue weighted by molar-refractivity contribution is 5.74. The minimum absolute atomic E-state index is 0.0921. The molecule has 2 fully saturated rings. The molecule has 0 spiro atoms. The van der Waals surface area contributed by atoms with Gasteiger partial charge in [0, 0.05) is 38.9 Å². The summed E-state index contributed by atoms with van der Waals surface area (Å²) < 4.78 is 16.2. The first-order valence-corrected chi connectivity index (χ1v) is 9.34. The minimum atomic E-state index is -0.113. The number of hydrogen-bond acceptors (Lipinski definition) is 5. The average molecular weight is 363 g/mol. The first-order chi connectivity index (χ1) is 12.8. The van der Waals surface area contributed by atoms with E-state index < -0.39 is 0 Å². The van der Waals surface area contributed by atoms with E-state index in [0.29, 0.717) is 19.8 Å². The molecule has 1 unspecified atom stereocenters. The van der Waals surface area contributed by atoms with Gasteiger partial charge in [0.05, 0.1) is 26.4 Å². The van der Waals surface area contributed by atoms with E-state index in [1.54, 1.807) is 7.11 Å². The van der Waals surface area contributed by atoms with Crippen LogP contribution in [0.3, 0.4) is 0 Å². The van der Waals surface area contributed by atoms with Crippen LogP contribution in [-0.2, 0) is 9.47 Å². The number of methoxy groups -OCH3 is 1. The third-order valence-electron chi connectivity index (χ3n) is 4.98. The molecule has 7 heteroatoms. The largest absolute Gasteiger partial charge is 0.497 e. The molecule has 0 aliphatic carbocycles. The summed E-state index contributed by atoms with van der Waals surface area (Å²) in [7, 11) is 1.67. The Bertz CT molecular complexity index is 572. The van der Waals surface area contributed by atoms with Gasteiger partial charge in [-0.2, -0.15) is 0 Å². The van der Waals surface area contributed by atoms with Gasteiger partial charge in [0.2, 0.25) is 0 Å². The second-order valence-corrected chi connectivity index (χ2v) is 6.68. The van der Waals surface area contributed by atoms with E-state index in [0.717, 1.165) is 50.5 Å². The summed E-state index contributed by atoms with van der Waals surface area (Å²) in [6.45, 7) is 5.11. The number of rotatable bonds is 6. The van der Waals surface area contributed by atoms with E-state index in [2.05, 4.69) is 21.6 Å². The quantitative estimate of drug-likeness (QED) is 0.802. The maximum absolute atomic E-state index is 12.3. The number of urea groups is 1. The third-order valence-corrected chi connectivity index (χ3v) is 4.98. The molecule has 2 heterocycles. The average Bonchev–Trinajstić information content (AvgIpc) is 2.70. The van der Waals surface area contributed by atoms with Crippen LogP contribution >= 0.6 is 0 Å². The van der Waals surface area contributed by atoms with Crippen molar-refractivity contribution < 1.29 is 19.0 Å². The summed E-state index contributed by atoms with van der Waals surface area (Å²) in [6, 6.07) is 8.23. The molecule has 2 amide bonds. The monoisotopic (exact) mass is 363 g/mol. The molecule has 3 rings (SSSR count). The van der Waals surface area contributed by atoms with Crippen LogP contribution in [0.2, 0.25) is 0 Å². The van der Waals surface area contributed by atoms with Crippen molar-refractivity contribution in [3.05, 3.63) is 29.8 Å². The molecular weight excluding hydrogens is 334 g/mol. The lowest BCUT2D eigenvalue weighted by molar-refractivity contribution is 0.0166. The van der Waals surface area contributed by atoms with Crippen LogP contribution in [-0.4, -0.2) is 70.1 Å². The number of carbonyl (C=O) groups excluding carboxylic acids is 1. The van der Waals surface area contributed by atoms with Crippen LogP contribution in [0.1, 0.15) is 24.4 Å². The zero-order valence-electron chi connectivity index (χ0n) is 15.4. The summed E-state index contributed by atoms with van der Waals surface area (Å²) in [4.78, 5) is 14.7. The molecule has 0 aromatic heterocycles. The highest BCUT2D eigenvalue weighted by Gasteiger charge is 2.24. The topological polar surface area (TPSA) is 72.1 Å². The van der Waals surface area contributed by atoms with Gasteiger partial charge in [-0.05, 0) is 30.5 Å². The summed E-state index contributed by atoms with van der Waals surface area (Å²) in [6.07, 6.45) is 1.74. The number of morpholine rings is 1. The van der Waals surface area contributed by atoms with Crippen molar-refractivity contribution in [1.82, 2.24) is 15.5 Å². The maximum atomic E-state index is 12.3. The normalized spacial score (nSPS) is 20.3. The molecule has 2 aliphatic rings. The van der Waals surface area contributed by atoms with E-state index >= 15 is 0 Å². The summed E-state index contributed by atoms with van der Waals surface area (Å²) in [5.41, 5.74) is 1.14. The zero-order valence-corrected chi connectivity index (χ0v) is 15.4. The lowest BCUT2D eigenvalue weighted by Gasteiger charge is -2.35. The maximum Gasteiger partial charge on any atom is 0.315 e. The lowest BCUT2D eigenvalue weighted by atomic mass is 10.0. The third kappa shape index (κ3) is 5.33. The Kier molecular flexibility index (Phi) is 7.11. The summed E-state index contributed by atoms with van der Waals surface area (Å²) in [5, 5.41) is 6.10. The predicted octanol–water partition coefficient (Wildman–Crippen LogP) is 1.55.